The van der Waals surface area contributed by atoms with E-state index >= 15 is 0 Å². The van der Waals surface area contributed by atoms with Crippen molar-refractivity contribution in [1.82, 2.24) is 15.1 Å². The summed E-state index contributed by atoms with van der Waals surface area (Å²) in [5.74, 6) is -0.299. The van der Waals surface area contributed by atoms with Crippen molar-refractivity contribution in [3.8, 4) is 0 Å². The van der Waals surface area contributed by atoms with Gasteiger partial charge in [-0.2, -0.15) is 0 Å². The molecular formula is C13H19N3O4S. The van der Waals surface area contributed by atoms with Crippen LogP contribution in [0.4, 0.5) is 4.79 Å². The van der Waals surface area contributed by atoms with Crippen molar-refractivity contribution in [3.05, 3.63) is 0 Å². The van der Waals surface area contributed by atoms with Crippen molar-refractivity contribution in [1.29, 1.82) is 0 Å². The third-order valence-electron chi connectivity index (χ3n) is 4.10. The summed E-state index contributed by atoms with van der Waals surface area (Å²) >= 11 is 1.55. The Kier molecular flexibility index (Phi) is 3.97. The van der Waals surface area contributed by atoms with Crippen LogP contribution in [0.2, 0.25) is 0 Å². The maximum atomic E-state index is 12.8. The van der Waals surface area contributed by atoms with Gasteiger partial charge in [-0.05, 0) is 25.2 Å². The topological polar surface area (TPSA) is 90.0 Å². The molecule has 2 N–H and O–H groups in total. The van der Waals surface area contributed by atoms with Crippen LogP contribution >= 0.6 is 11.8 Å². The van der Waals surface area contributed by atoms with Gasteiger partial charge in [0, 0.05) is 18.8 Å². The Morgan fingerprint density at radius 2 is 2.10 bits per heavy atom. The molecule has 7 nitrogen and oxygen atoms in total. The average molecular weight is 313 g/mol. The first-order valence-corrected chi connectivity index (χ1v) is 8.31. The molecule has 2 unspecified atom stereocenters. The number of carbonyl (C=O) groups is 3. The Labute approximate surface area is 127 Å². The smallest absolute Gasteiger partial charge is 0.327 e. The van der Waals surface area contributed by atoms with Crippen molar-refractivity contribution >= 4 is 29.7 Å². The van der Waals surface area contributed by atoms with Crippen LogP contribution in [0.5, 0.6) is 0 Å². The first-order chi connectivity index (χ1) is 10.1. The number of hydrogen-bond acceptors (Lipinski definition) is 4. The Morgan fingerprint density at radius 1 is 1.33 bits per heavy atom. The van der Waals surface area contributed by atoms with Gasteiger partial charge in [0.05, 0.1) is 5.37 Å². The van der Waals surface area contributed by atoms with Crippen LogP contribution in [0.15, 0.2) is 0 Å². The monoisotopic (exact) mass is 313 g/mol. The highest BCUT2D eigenvalue weighted by Gasteiger charge is 2.49. The summed E-state index contributed by atoms with van der Waals surface area (Å²) in [6, 6.07) is -1.08. The summed E-state index contributed by atoms with van der Waals surface area (Å²) in [6.45, 7) is 1.07. The molecule has 2 heterocycles. The van der Waals surface area contributed by atoms with E-state index in [0.717, 1.165) is 12.8 Å². The van der Waals surface area contributed by atoms with Crippen LogP contribution in [0.25, 0.3) is 0 Å². The Balaban J connectivity index is 1.78. The molecule has 2 saturated heterocycles. The lowest BCUT2D eigenvalue weighted by molar-refractivity contribution is -0.141. The van der Waals surface area contributed by atoms with Gasteiger partial charge in [-0.25, -0.2) is 9.59 Å². The molecule has 1 saturated carbocycles. The fraction of sp³-hybridized carbons (Fsp3) is 0.769. The van der Waals surface area contributed by atoms with E-state index in [4.69, 9.17) is 0 Å². The molecule has 8 heteroatoms. The number of nitrogens with one attached hydrogen (secondary N) is 1. The predicted octanol–water partition coefficient (Wildman–Crippen LogP) is 0.166. The molecule has 0 bridgehead atoms. The normalized spacial score (nSPS) is 30.0. The molecule has 3 amide bonds. The standard InChI is InChI=1S/C13H19N3O4S/c17-10-6-15(5-1-4-14-10)13(20)16-9(12(18)19)7-21-11(16)8-2-3-8/h8-9,11H,1-7H2,(H,14,17)(H,18,19). The molecule has 21 heavy (non-hydrogen) atoms. The molecule has 2 aliphatic heterocycles. The highest BCUT2D eigenvalue weighted by molar-refractivity contribution is 8.00. The lowest BCUT2D eigenvalue weighted by atomic mass is 10.2. The van der Waals surface area contributed by atoms with Crippen molar-refractivity contribution < 1.29 is 19.5 Å². The first-order valence-electron chi connectivity index (χ1n) is 7.26. The number of aliphatic carboxylic acids is 1. The van der Waals surface area contributed by atoms with Crippen LogP contribution in [0, 0.1) is 5.92 Å². The number of rotatable bonds is 2. The van der Waals surface area contributed by atoms with Gasteiger partial charge in [-0.1, -0.05) is 0 Å². The zero-order chi connectivity index (χ0) is 15.0. The molecule has 1 aliphatic carbocycles. The van der Waals surface area contributed by atoms with Gasteiger partial charge in [0.2, 0.25) is 5.91 Å². The van der Waals surface area contributed by atoms with Gasteiger partial charge >= 0.3 is 12.0 Å². The van der Waals surface area contributed by atoms with Gasteiger partial charge in [-0.15, -0.1) is 11.8 Å². The summed E-state index contributed by atoms with van der Waals surface area (Å²) < 4.78 is 0. The quantitative estimate of drug-likeness (QED) is 0.758. The van der Waals surface area contributed by atoms with E-state index in [1.54, 1.807) is 11.8 Å². The van der Waals surface area contributed by atoms with Gasteiger partial charge < -0.3 is 15.3 Å². The highest BCUT2D eigenvalue weighted by atomic mass is 32.2. The minimum Gasteiger partial charge on any atom is -0.480 e. The van der Waals surface area contributed by atoms with Crippen LogP contribution in [-0.4, -0.2) is 69.6 Å². The SMILES string of the molecule is O=C1CN(C(=O)N2C(C(=O)O)CSC2C2CC2)CCCN1. The minimum atomic E-state index is -0.960. The predicted molar refractivity (Wildman–Crippen MR) is 76.8 cm³/mol. The molecule has 0 aromatic heterocycles. The number of carboxylic acid groups (broad SMARTS) is 1. The fourth-order valence-corrected chi connectivity index (χ4v) is 4.46. The van der Waals surface area contributed by atoms with E-state index in [2.05, 4.69) is 5.32 Å². The van der Waals surface area contributed by atoms with Crippen molar-refractivity contribution in [3.63, 3.8) is 0 Å². The van der Waals surface area contributed by atoms with Gasteiger partial charge in [0.15, 0.2) is 0 Å². The van der Waals surface area contributed by atoms with Crippen LogP contribution in [0.1, 0.15) is 19.3 Å². The second-order valence-corrected chi connectivity index (χ2v) is 6.88. The third kappa shape index (κ3) is 2.95. The minimum absolute atomic E-state index is 0.0176. The van der Waals surface area contributed by atoms with Gasteiger partial charge in [0.25, 0.3) is 0 Å². The van der Waals surface area contributed by atoms with Crippen molar-refractivity contribution in [2.24, 2.45) is 5.92 Å². The molecule has 3 aliphatic rings. The summed E-state index contributed by atoms with van der Waals surface area (Å²) in [7, 11) is 0. The fourth-order valence-electron chi connectivity index (χ4n) is 2.84. The van der Waals surface area contributed by atoms with E-state index in [-0.39, 0.29) is 23.9 Å². The Bertz CT molecular complexity index is 468. The van der Waals surface area contributed by atoms with Gasteiger partial charge in [0.1, 0.15) is 12.6 Å². The number of urea groups is 1. The number of carbonyl (C=O) groups excluding carboxylic acids is 2. The van der Waals surface area contributed by atoms with Crippen LogP contribution < -0.4 is 5.32 Å². The van der Waals surface area contributed by atoms with E-state index in [0.29, 0.717) is 31.2 Å². The maximum absolute atomic E-state index is 12.8. The second-order valence-electron chi connectivity index (χ2n) is 5.73. The van der Waals surface area contributed by atoms with Gasteiger partial charge in [-0.3, -0.25) is 9.69 Å². The zero-order valence-electron chi connectivity index (χ0n) is 11.7. The average Bonchev–Trinajstić information content (AvgIpc) is 3.22. The number of hydrogen-bond donors (Lipinski definition) is 2. The molecule has 2 atom stereocenters. The number of thioether (sulfide) groups is 1. The van der Waals surface area contributed by atoms with Crippen LogP contribution in [0.3, 0.4) is 0 Å². The van der Waals surface area contributed by atoms with Crippen LogP contribution in [-0.2, 0) is 9.59 Å². The molecule has 0 spiro atoms. The van der Waals surface area contributed by atoms with Crippen molar-refractivity contribution in [2.45, 2.75) is 30.7 Å². The zero-order valence-corrected chi connectivity index (χ0v) is 12.5. The second kappa shape index (κ2) is 5.75. The molecule has 0 radical (unpaired) electrons. The van der Waals surface area contributed by atoms with E-state index in [9.17, 15) is 19.5 Å². The lowest BCUT2D eigenvalue weighted by Gasteiger charge is -2.32. The summed E-state index contributed by atoms with van der Waals surface area (Å²) in [5.41, 5.74) is 0. The Hall–Kier alpha value is -1.44. The number of amides is 3. The molecule has 3 rings (SSSR count). The maximum Gasteiger partial charge on any atom is 0.327 e. The number of carboxylic acids is 1. The number of nitrogens with zero attached hydrogens (tertiary/aromatic N) is 2. The molecular weight excluding hydrogens is 294 g/mol. The summed E-state index contributed by atoms with van der Waals surface area (Å²) in [4.78, 5) is 38.8. The summed E-state index contributed by atoms with van der Waals surface area (Å²) in [6.07, 6.45) is 2.80. The molecule has 3 fully saturated rings. The van der Waals surface area contributed by atoms with Crippen molar-refractivity contribution in [2.75, 3.05) is 25.4 Å². The lowest BCUT2D eigenvalue weighted by Crippen LogP contribution is -2.53. The van der Waals surface area contributed by atoms with E-state index in [1.807, 2.05) is 0 Å². The molecule has 116 valence electrons. The largest absolute Gasteiger partial charge is 0.480 e. The van der Waals surface area contributed by atoms with E-state index < -0.39 is 12.0 Å². The molecule has 0 aromatic rings. The summed E-state index contributed by atoms with van der Waals surface area (Å²) in [5, 5.41) is 12.0. The first kappa shape index (κ1) is 14.5. The third-order valence-corrected chi connectivity index (χ3v) is 5.56. The van der Waals surface area contributed by atoms with E-state index in [1.165, 1.54) is 9.80 Å². The Morgan fingerprint density at radius 3 is 2.76 bits per heavy atom. The highest BCUT2D eigenvalue weighted by Crippen LogP contribution is 2.45. The molecule has 0 aromatic carbocycles.